The Hall–Kier alpha value is -1.02. The fraction of sp³-hybridized carbons (Fsp3) is 0.500. The van der Waals surface area contributed by atoms with Crippen LogP contribution in [0.4, 0.5) is 5.69 Å². The predicted molar refractivity (Wildman–Crippen MR) is 74.0 cm³/mol. The van der Waals surface area contributed by atoms with Gasteiger partial charge in [-0.3, -0.25) is 0 Å². The second kappa shape index (κ2) is 5.54. The summed E-state index contributed by atoms with van der Waals surface area (Å²) in [6.45, 7) is 2.01. The summed E-state index contributed by atoms with van der Waals surface area (Å²) in [5, 5.41) is 0.684. The lowest BCUT2D eigenvalue weighted by atomic mass is 9.88. The summed E-state index contributed by atoms with van der Waals surface area (Å²) < 4.78 is 0. The van der Waals surface area contributed by atoms with Gasteiger partial charge in [0.05, 0.1) is 10.7 Å². The number of benzene rings is 1. The Kier molecular flexibility index (Phi) is 4.06. The zero-order valence-corrected chi connectivity index (χ0v) is 11.0. The number of para-hydroxylation sites is 1. The average molecular weight is 251 g/mol. The van der Waals surface area contributed by atoms with Crippen molar-refractivity contribution >= 4 is 23.1 Å². The molecule has 0 amide bonds. The lowest BCUT2D eigenvalue weighted by Gasteiger charge is -2.21. The Balaban J connectivity index is 2.22. The van der Waals surface area contributed by atoms with Gasteiger partial charge in [0.2, 0.25) is 0 Å². The number of aryl methyl sites for hydroxylation is 1. The first-order valence-electron chi connectivity index (χ1n) is 6.27. The van der Waals surface area contributed by atoms with Crippen molar-refractivity contribution in [2.24, 2.45) is 16.6 Å². The van der Waals surface area contributed by atoms with Crippen molar-refractivity contribution in [2.45, 2.75) is 39.0 Å². The third-order valence-electron chi connectivity index (χ3n) is 3.45. The molecule has 0 saturated heterocycles. The van der Waals surface area contributed by atoms with E-state index in [1.807, 2.05) is 25.1 Å². The number of halogens is 1. The van der Waals surface area contributed by atoms with Crippen LogP contribution in [0.25, 0.3) is 0 Å². The number of hydrogen-bond donors (Lipinski definition) is 1. The van der Waals surface area contributed by atoms with E-state index in [2.05, 4.69) is 4.99 Å². The topological polar surface area (TPSA) is 38.4 Å². The zero-order chi connectivity index (χ0) is 12.3. The van der Waals surface area contributed by atoms with Crippen molar-refractivity contribution in [1.29, 1.82) is 0 Å². The molecule has 1 saturated carbocycles. The highest BCUT2D eigenvalue weighted by atomic mass is 35.5. The molecule has 2 N–H and O–H groups in total. The second-order valence-electron chi connectivity index (χ2n) is 4.78. The standard InChI is InChI=1S/C14H19ClN2/c1-10-6-5-9-12(15)13(10)17-14(16)11-7-3-2-4-8-11/h5-6,9,11H,2-4,7-8H2,1H3,(H2,16,17). The van der Waals surface area contributed by atoms with Crippen LogP contribution in [0.5, 0.6) is 0 Å². The monoisotopic (exact) mass is 250 g/mol. The highest BCUT2D eigenvalue weighted by molar-refractivity contribution is 6.33. The molecule has 0 aromatic heterocycles. The Morgan fingerprint density at radius 2 is 2.00 bits per heavy atom. The van der Waals surface area contributed by atoms with E-state index in [-0.39, 0.29) is 0 Å². The molecule has 0 bridgehead atoms. The highest BCUT2D eigenvalue weighted by Crippen LogP contribution is 2.30. The third kappa shape index (κ3) is 3.01. The third-order valence-corrected chi connectivity index (χ3v) is 3.76. The van der Waals surface area contributed by atoms with E-state index in [0.29, 0.717) is 10.9 Å². The van der Waals surface area contributed by atoms with Gasteiger partial charge in [0.1, 0.15) is 5.84 Å². The molecular weight excluding hydrogens is 232 g/mol. The quantitative estimate of drug-likeness (QED) is 0.620. The van der Waals surface area contributed by atoms with Crippen molar-refractivity contribution < 1.29 is 0 Å². The van der Waals surface area contributed by atoms with Crippen molar-refractivity contribution in [3.05, 3.63) is 28.8 Å². The molecular formula is C14H19ClN2. The number of rotatable bonds is 2. The van der Waals surface area contributed by atoms with Gasteiger partial charge in [0.25, 0.3) is 0 Å². The van der Waals surface area contributed by atoms with Crippen LogP contribution in [-0.4, -0.2) is 5.84 Å². The van der Waals surface area contributed by atoms with Gasteiger partial charge in [0.15, 0.2) is 0 Å². The molecule has 1 aromatic carbocycles. The first-order valence-corrected chi connectivity index (χ1v) is 6.65. The van der Waals surface area contributed by atoms with Crippen LogP contribution < -0.4 is 5.73 Å². The van der Waals surface area contributed by atoms with E-state index in [0.717, 1.165) is 17.1 Å². The minimum atomic E-state index is 0.444. The summed E-state index contributed by atoms with van der Waals surface area (Å²) in [5.41, 5.74) is 8.02. The minimum Gasteiger partial charge on any atom is -0.387 e. The van der Waals surface area contributed by atoms with Gasteiger partial charge in [-0.15, -0.1) is 0 Å². The molecule has 1 aliphatic rings. The van der Waals surface area contributed by atoms with Crippen molar-refractivity contribution in [3.8, 4) is 0 Å². The van der Waals surface area contributed by atoms with Gasteiger partial charge in [-0.2, -0.15) is 0 Å². The predicted octanol–water partition coefficient (Wildman–Crippen LogP) is 4.22. The van der Waals surface area contributed by atoms with E-state index in [4.69, 9.17) is 17.3 Å². The smallest absolute Gasteiger partial charge is 0.103 e. The van der Waals surface area contributed by atoms with Gasteiger partial charge in [-0.1, -0.05) is 43.0 Å². The normalized spacial score (nSPS) is 18.4. The Labute approximate surface area is 108 Å². The van der Waals surface area contributed by atoms with Crippen LogP contribution in [0.1, 0.15) is 37.7 Å². The number of amidine groups is 1. The van der Waals surface area contributed by atoms with Crippen molar-refractivity contribution in [3.63, 3.8) is 0 Å². The molecule has 0 aliphatic heterocycles. The van der Waals surface area contributed by atoms with Crippen molar-refractivity contribution in [2.75, 3.05) is 0 Å². The molecule has 0 spiro atoms. The van der Waals surface area contributed by atoms with Gasteiger partial charge < -0.3 is 5.73 Å². The SMILES string of the molecule is Cc1cccc(Cl)c1N=C(N)C1CCCCC1. The summed E-state index contributed by atoms with van der Waals surface area (Å²) >= 11 is 6.15. The van der Waals surface area contributed by atoms with Crippen LogP contribution in [0.3, 0.4) is 0 Å². The van der Waals surface area contributed by atoms with E-state index in [9.17, 15) is 0 Å². The molecule has 1 aliphatic carbocycles. The van der Waals surface area contributed by atoms with Crippen LogP contribution >= 0.6 is 11.6 Å². The van der Waals surface area contributed by atoms with Crippen LogP contribution in [0.2, 0.25) is 5.02 Å². The first-order chi connectivity index (χ1) is 8.18. The highest BCUT2D eigenvalue weighted by Gasteiger charge is 2.17. The maximum Gasteiger partial charge on any atom is 0.103 e. The van der Waals surface area contributed by atoms with Crippen molar-refractivity contribution in [1.82, 2.24) is 0 Å². The summed E-state index contributed by atoms with van der Waals surface area (Å²) in [6, 6.07) is 5.81. The van der Waals surface area contributed by atoms with Gasteiger partial charge >= 0.3 is 0 Å². The van der Waals surface area contributed by atoms with Gasteiger partial charge in [-0.25, -0.2) is 4.99 Å². The fourth-order valence-corrected chi connectivity index (χ4v) is 2.65. The molecule has 2 nitrogen and oxygen atoms in total. The first kappa shape index (κ1) is 12.4. The second-order valence-corrected chi connectivity index (χ2v) is 5.18. The lowest BCUT2D eigenvalue weighted by Crippen LogP contribution is -2.25. The maximum absolute atomic E-state index is 6.15. The number of nitrogens with zero attached hydrogens (tertiary/aromatic N) is 1. The molecule has 1 aromatic rings. The summed E-state index contributed by atoms with van der Waals surface area (Å²) in [6.07, 6.45) is 6.19. The van der Waals surface area contributed by atoms with Crippen LogP contribution in [0.15, 0.2) is 23.2 Å². The van der Waals surface area contributed by atoms with E-state index in [1.54, 1.807) is 0 Å². The molecule has 3 heteroatoms. The van der Waals surface area contributed by atoms with E-state index in [1.165, 1.54) is 32.1 Å². The molecule has 92 valence electrons. The summed E-state index contributed by atoms with van der Waals surface area (Å²) in [7, 11) is 0. The van der Waals surface area contributed by atoms with E-state index >= 15 is 0 Å². The largest absolute Gasteiger partial charge is 0.387 e. The lowest BCUT2D eigenvalue weighted by molar-refractivity contribution is 0.437. The number of nitrogens with two attached hydrogens (primary N) is 1. The Morgan fingerprint density at radius 1 is 1.29 bits per heavy atom. The zero-order valence-electron chi connectivity index (χ0n) is 10.2. The van der Waals surface area contributed by atoms with Crippen LogP contribution in [-0.2, 0) is 0 Å². The Bertz CT molecular complexity index is 400. The molecule has 0 radical (unpaired) electrons. The molecule has 0 heterocycles. The number of hydrogen-bond acceptors (Lipinski definition) is 1. The van der Waals surface area contributed by atoms with Gasteiger partial charge in [-0.05, 0) is 31.4 Å². The maximum atomic E-state index is 6.15. The minimum absolute atomic E-state index is 0.444. The average Bonchev–Trinajstić information content (AvgIpc) is 2.35. The van der Waals surface area contributed by atoms with Crippen LogP contribution in [0, 0.1) is 12.8 Å². The summed E-state index contributed by atoms with van der Waals surface area (Å²) in [5.74, 6) is 1.19. The molecule has 2 rings (SSSR count). The molecule has 1 fully saturated rings. The summed E-state index contributed by atoms with van der Waals surface area (Å²) in [4.78, 5) is 4.54. The molecule has 0 atom stereocenters. The van der Waals surface area contributed by atoms with E-state index < -0.39 is 0 Å². The molecule has 0 unspecified atom stereocenters. The Morgan fingerprint density at radius 3 is 2.65 bits per heavy atom. The molecule has 17 heavy (non-hydrogen) atoms. The van der Waals surface area contributed by atoms with Gasteiger partial charge in [0, 0.05) is 5.92 Å². The number of aliphatic imine (C=N–C) groups is 1. The fourth-order valence-electron chi connectivity index (χ4n) is 2.38.